The number of hydrogen-bond donors (Lipinski definition) is 0. The SMILES string of the molecule is C=CC(=O)OCCCCCCOc1ccc(C(=O)Oc2ccc(OC(=O)/C=C/c3ccc(OC)cc3)cc2)cc1.C=CC(=O)OCCCCCCOc1ccc(C(=O)Oc2ccc(OC(=O)/C=C/c3ccccc3)cc2)cc1.C=CC(=O)OCCCCCCOc1ccc(C(=O)Oc2ccc(OC(=O)c3ccc(-c4ccccc4)cc3)cc2)cc1.CC.CC.CC. The molecule has 126 heavy (non-hydrogen) atoms. The third kappa shape index (κ3) is 41.3. The fourth-order valence-corrected chi connectivity index (χ4v) is 10.7. The maximum atomic E-state index is 12.6. The van der Waals surface area contributed by atoms with Crippen LogP contribution in [0.3, 0.4) is 0 Å². The normalized spacial score (nSPS) is 10.1. The summed E-state index contributed by atoms with van der Waals surface area (Å²) in [6, 6.07) is 72.6. The molecule has 0 amide bonds. The van der Waals surface area contributed by atoms with Crippen molar-refractivity contribution in [3.05, 3.63) is 338 Å². The minimum Gasteiger partial charge on any atom is -0.497 e. The Kier molecular flexibility index (Phi) is 49.8. The van der Waals surface area contributed by atoms with Crippen molar-refractivity contribution in [2.45, 2.75) is 119 Å². The van der Waals surface area contributed by atoms with Gasteiger partial charge in [-0.3, -0.25) is 0 Å². The lowest BCUT2D eigenvalue weighted by molar-refractivity contribution is -0.138. The monoisotopic (exact) mass is 1710 g/mol. The molecule has 0 saturated carbocycles. The largest absolute Gasteiger partial charge is 0.497 e. The van der Waals surface area contributed by atoms with E-state index in [2.05, 4.69) is 19.7 Å². The van der Waals surface area contributed by atoms with E-state index in [1.54, 1.807) is 189 Å². The van der Waals surface area contributed by atoms with E-state index in [1.165, 1.54) is 12.2 Å². The number of benzene rings is 10. The average molecular weight is 1710 g/mol. The highest BCUT2D eigenvalue weighted by Crippen LogP contribution is 2.27. The number of unbranched alkanes of at least 4 members (excludes halogenated alkanes) is 9. The van der Waals surface area contributed by atoms with Crippen LogP contribution in [0, 0.1) is 0 Å². The lowest BCUT2D eigenvalue weighted by Crippen LogP contribution is -2.09. The van der Waals surface area contributed by atoms with E-state index in [4.69, 9.17) is 61.6 Å². The van der Waals surface area contributed by atoms with Crippen molar-refractivity contribution in [2.24, 2.45) is 0 Å². The highest BCUT2D eigenvalue weighted by Gasteiger charge is 2.16. The number of carbonyl (C=O) groups excluding carboxylic acids is 9. The van der Waals surface area contributed by atoms with E-state index in [9.17, 15) is 43.2 Å². The Morgan fingerprint density at radius 2 is 0.468 bits per heavy atom. The van der Waals surface area contributed by atoms with Crippen LogP contribution in [-0.2, 0) is 38.2 Å². The highest BCUT2D eigenvalue weighted by molar-refractivity contribution is 5.94. The van der Waals surface area contributed by atoms with Gasteiger partial charge in [0.1, 0.15) is 57.5 Å². The molecule has 0 radical (unpaired) electrons. The first-order valence-electron chi connectivity index (χ1n) is 41.9. The fraction of sp³-hybridized carbons (Fsp3) is 0.240. The van der Waals surface area contributed by atoms with Crippen molar-refractivity contribution in [3.8, 4) is 68.6 Å². The van der Waals surface area contributed by atoms with Gasteiger partial charge in [0, 0.05) is 30.4 Å². The Balaban J connectivity index is 0.000000326. The van der Waals surface area contributed by atoms with Gasteiger partial charge >= 0.3 is 53.7 Å². The summed E-state index contributed by atoms with van der Waals surface area (Å²) in [7, 11) is 1.59. The van der Waals surface area contributed by atoms with Crippen LogP contribution in [0.5, 0.6) is 57.5 Å². The molecule has 0 fully saturated rings. The van der Waals surface area contributed by atoms with Crippen LogP contribution < -0.4 is 47.4 Å². The maximum absolute atomic E-state index is 12.6. The van der Waals surface area contributed by atoms with E-state index in [0.717, 1.165) is 123 Å². The summed E-state index contributed by atoms with van der Waals surface area (Å²) in [5, 5.41) is 0. The van der Waals surface area contributed by atoms with E-state index >= 15 is 0 Å². The predicted molar refractivity (Wildman–Crippen MR) is 489 cm³/mol. The standard InChI is InChI=1S/C35H32O7.C32H32O8.C31H30O7.3C2H6/c1-2-33(36)40-25-9-4-3-8-24-39-30-18-16-29(17-19-30)35(38)42-32-22-20-31(21-23-32)41-34(37)28-14-12-27(13-15-28)26-10-6-5-7-11-26;1-3-30(33)38-23-7-5-4-6-22-37-27-15-11-25(12-16-27)32(35)40-29-19-17-28(18-20-29)39-31(34)21-10-24-8-13-26(36-2)14-9-24;1-2-29(32)36-23-9-4-3-8-22-35-26-15-13-25(14-16-26)31(34)38-28-19-17-27(18-20-28)37-30(33)21-12-24-10-6-5-7-11-24;3*1-2/h2,5-7,10-23H,1,3-4,8-9,24-25H2;3,8-21H,1,4-7,22-23H2,2H3;2,5-7,10-21H,1,3-4,8-9,22-23H2;3*1-2H3/b;21-10+;21-12+;;;. The van der Waals surface area contributed by atoms with Crippen molar-refractivity contribution >= 4 is 65.9 Å². The molecule has 10 aromatic rings. The van der Waals surface area contributed by atoms with E-state index in [-0.39, 0.29) is 0 Å². The van der Waals surface area contributed by atoms with Gasteiger partial charge in [0.05, 0.1) is 69.0 Å². The van der Waals surface area contributed by atoms with Gasteiger partial charge in [-0.25, -0.2) is 43.2 Å². The van der Waals surface area contributed by atoms with Crippen molar-refractivity contribution in [1.29, 1.82) is 0 Å². The third-order valence-electron chi connectivity index (χ3n) is 17.1. The minimum absolute atomic E-state index is 0.318. The molecule has 660 valence electrons. The molecular formula is C104H112O22. The van der Waals surface area contributed by atoms with Crippen molar-refractivity contribution in [2.75, 3.05) is 46.8 Å². The molecule has 0 saturated heterocycles. The number of esters is 9. The van der Waals surface area contributed by atoms with Crippen LogP contribution in [0.25, 0.3) is 23.3 Å². The molecule has 0 aliphatic heterocycles. The zero-order chi connectivity index (χ0) is 91.2. The van der Waals surface area contributed by atoms with Gasteiger partial charge in [-0.05, 0) is 281 Å². The zero-order valence-electron chi connectivity index (χ0n) is 72.6. The second-order valence-corrected chi connectivity index (χ2v) is 26.1. The second kappa shape index (κ2) is 61.6. The number of carbonyl (C=O) groups is 9. The van der Waals surface area contributed by atoms with Crippen molar-refractivity contribution < 1.29 is 105 Å². The number of rotatable bonds is 43. The predicted octanol–water partition coefficient (Wildman–Crippen LogP) is 22.9. The molecule has 10 rings (SSSR count). The molecule has 0 aliphatic carbocycles. The van der Waals surface area contributed by atoms with Gasteiger partial charge in [-0.2, -0.15) is 0 Å². The first-order valence-corrected chi connectivity index (χ1v) is 41.9. The molecule has 22 nitrogen and oxygen atoms in total. The second-order valence-electron chi connectivity index (χ2n) is 26.1. The van der Waals surface area contributed by atoms with Gasteiger partial charge in [0.25, 0.3) is 0 Å². The number of ether oxygens (including phenoxy) is 13. The Morgan fingerprint density at radius 1 is 0.238 bits per heavy atom. The highest BCUT2D eigenvalue weighted by atomic mass is 16.6. The summed E-state index contributed by atoms with van der Waals surface area (Å²) in [5.41, 5.74) is 5.37. The van der Waals surface area contributed by atoms with Gasteiger partial charge in [0.2, 0.25) is 0 Å². The first kappa shape index (κ1) is 102. The molecule has 0 heterocycles. The van der Waals surface area contributed by atoms with Gasteiger partial charge in [-0.1, -0.05) is 146 Å². The van der Waals surface area contributed by atoms with Crippen LogP contribution in [0.4, 0.5) is 0 Å². The molecule has 0 N–H and O–H groups in total. The maximum Gasteiger partial charge on any atom is 0.343 e. The molecule has 0 atom stereocenters. The van der Waals surface area contributed by atoms with Crippen LogP contribution in [-0.4, -0.2) is 100 Å². The van der Waals surface area contributed by atoms with Gasteiger partial charge < -0.3 is 61.6 Å². The smallest absolute Gasteiger partial charge is 0.343 e. The lowest BCUT2D eigenvalue weighted by atomic mass is 10.0. The van der Waals surface area contributed by atoms with E-state index in [1.807, 2.05) is 126 Å². The van der Waals surface area contributed by atoms with Crippen LogP contribution in [0.2, 0.25) is 0 Å². The van der Waals surface area contributed by atoms with Gasteiger partial charge in [0.15, 0.2) is 0 Å². The average Bonchev–Trinajstić information content (AvgIpc) is 0.850. The molecule has 10 aromatic carbocycles. The molecule has 0 aliphatic rings. The summed E-state index contributed by atoms with van der Waals surface area (Å²) >= 11 is 0. The Bertz CT molecular complexity index is 4950. The van der Waals surface area contributed by atoms with E-state index in [0.29, 0.717) is 114 Å². The molecule has 0 spiro atoms. The fourth-order valence-electron chi connectivity index (χ4n) is 10.7. The minimum atomic E-state index is -0.533. The first-order chi connectivity index (χ1) is 61.5. The summed E-state index contributed by atoms with van der Waals surface area (Å²) in [5.74, 6) is 0.417. The summed E-state index contributed by atoms with van der Waals surface area (Å²) in [6.45, 7) is 24.9. The summed E-state index contributed by atoms with van der Waals surface area (Å²) < 4.78 is 69.4. The molecule has 0 unspecified atom stereocenters. The zero-order valence-corrected chi connectivity index (χ0v) is 72.6. The van der Waals surface area contributed by atoms with Crippen molar-refractivity contribution in [1.82, 2.24) is 0 Å². The van der Waals surface area contributed by atoms with Crippen LogP contribution in [0.15, 0.2) is 305 Å². The Hall–Kier alpha value is -14.7. The summed E-state index contributed by atoms with van der Waals surface area (Å²) in [6.07, 6.45) is 20.1. The molecule has 0 aromatic heterocycles. The number of hydrogen-bond acceptors (Lipinski definition) is 22. The van der Waals surface area contributed by atoms with Crippen molar-refractivity contribution in [3.63, 3.8) is 0 Å². The lowest BCUT2D eigenvalue weighted by Gasteiger charge is -2.09. The quantitative estimate of drug-likeness (QED) is 0.0113. The number of methoxy groups -OCH3 is 1. The molecule has 22 heteroatoms. The third-order valence-corrected chi connectivity index (χ3v) is 17.1. The van der Waals surface area contributed by atoms with E-state index < -0.39 is 53.7 Å². The Morgan fingerprint density at radius 3 is 0.746 bits per heavy atom. The van der Waals surface area contributed by atoms with Crippen LogP contribution in [0.1, 0.15) is 171 Å². The topological polar surface area (TPSA) is 274 Å². The molecular weight excluding hydrogens is 1600 g/mol. The Labute approximate surface area is 739 Å². The molecule has 0 bridgehead atoms. The summed E-state index contributed by atoms with van der Waals surface area (Å²) in [4.78, 5) is 107. The van der Waals surface area contributed by atoms with Gasteiger partial charge in [-0.15, -0.1) is 0 Å². The van der Waals surface area contributed by atoms with Crippen LogP contribution >= 0.6 is 0 Å².